The lowest BCUT2D eigenvalue weighted by Gasteiger charge is -2.42. The molecule has 1 aliphatic carbocycles. The minimum atomic E-state index is -0.0839. The van der Waals surface area contributed by atoms with Gasteiger partial charge in [0.1, 0.15) is 5.60 Å². The first kappa shape index (κ1) is 15.7. The maximum Gasteiger partial charge on any atom is 0.106 e. The number of hydrogen-bond donors (Lipinski definition) is 1. The molecule has 2 heterocycles. The maximum absolute atomic E-state index is 9.84. The van der Waals surface area contributed by atoms with Gasteiger partial charge >= 0.3 is 0 Å². The summed E-state index contributed by atoms with van der Waals surface area (Å²) in [7, 11) is 0. The van der Waals surface area contributed by atoms with Gasteiger partial charge in [0.2, 0.25) is 0 Å². The Kier molecular flexibility index (Phi) is 5.17. The van der Waals surface area contributed by atoms with Gasteiger partial charge in [0.05, 0.1) is 19.8 Å². The largest absolute Gasteiger partial charge is 0.396 e. The topological polar surface area (TPSA) is 57.2 Å². The van der Waals surface area contributed by atoms with Crippen molar-refractivity contribution in [2.75, 3.05) is 39.6 Å². The Hall–Kier alpha value is -0.200. The highest BCUT2D eigenvalue weighted by Crippen LogP contribution is 2.46. The van der Waals surface area contributed by atoms with Gasteiger partial charge in [-0.15, -0.1) is 0 Å². The molecule has 1 saturated carbocycles. The summed E-state index contributed by atoms with van der Waals surface area (Å²) < 4.78 is 11.3. The molecule has 3 fully saturated rings. The van der Waals surface area contributed by atoms with Crippen molar-refractivity contribution >= 4 is 0 Å². The van der Waals surface area contributed by atoms with Crippen LogP contribution in [-0.4, -0.2) is 50.3 Å². The third kappa shape index (κ3) is 3.77. The van der Waals surface area contributed by atoms with E-state index in [1.165, 1.54) is 0 Å². The fraction of sp³-hybridized carbons (Fsp3) is 1.00. The SMILES string of the molecule is OCC1(COCC2CCOCC2)CCC2(CCOO2)CC1. The number of rotatable bonds is 5. The van der Waals surface area contributed by atoms with Crippen molar-refractivity contribution in [2.24, 2.45) is 11.3 Å². The van der Waals surface area contributed by atoms with Crippen molar-refractivity contribution in [2.45, 2.75) is 50.5 Å². The van der Waals surface area contributed by atoms with E-state index in [2.05, 4.69) is 0 Å². The summed E-state index contributed by atoms with van der Waals surface area (Å²) in [5.41, 5.74) is -0.165. The van der Waals surface area contributed by atoms with Crippen molar-refractivity contribution in [3.8, 4) is 0 Å². The standard InChI is InChI=1S/C16H28O5/c17-12-15(13-19-11-14-1-8-18-9-2-14)3-5-16(6-4-15)7-10-20-21-16/h14,17H,1-13H2. The zero-order valence-electron chi connectivity index (χ0n) is 12.8. The van der Waals surface area contributed by atoms with Crippen LogP contribution in [0.15, 0.2) is 0 Å². The molecule has 1 spiro atoms. The van der Waals surface area contributed by atoms with Gasteiger partial charge in [0.25, 0.3) is 0 Å². The molecule has 2 aliphatic heterocycles. The zero-order valence-corrected chi connectivity index (χ0v) is 12.8. The molecule has 21 heavy (non-hydrogen) atoms. The Balaban J connectivity index is 1.44. The Morgan fingerprint density at radius 1 is 1.00 bits per heavy atom. The molecule has 0 aromatic rings. The van der Waals surface area contributed by atoms with Gasteiger partial charge < -0.3 is 14.6 Å². The Labute approximate surface area is 126 Å². The van der Waals surface area contributed by atoms with E-state index in [9.17, 15) is 5.11 Å². The summed E-state index contributed by atoms with van der Waals surface area (Å²) >= 11 is 0. The number of ether oxygens (including phenoxy) is 2. The van der Waals surface area contributed by atoms with E-state index >= 15 is 0 Å². The van der Waals surface area contributed by atoms with Crippen LogP contribution in [0, 0.1) is 11.3 Å². The van der Waals surface area contributed by atoms with Crippen LogP contribution < -0.4 is 0 Å². The summed E-state index contributed by atoms with van der Waals surface area (Å²) in [5.74, 6) is 0.621. The van der Waals surface area contributed by atoms with E-state index in [1.54, 1.807) is 0 Å². The highest BCUT2D eigenvalue weighted by atomic mass is 17.2. The first-order valence-corrected chi connectivity index (χ1v) is 8.33. The van der Waals surface area contributed by atoms with E-state index < -0.39 is 0 Å². The third-order valence-corrected chi connectivity index (χ3v) is 5.54. The molecular weight excluding hydrogens is 272 g/mol. The first-order chi connectivity index (χ1) is 10.3. The number of aliphatic hydroxyl groups excluding tert-OH is 1. The molecule has 2 saturated heterocycles. The monoisotopic (exact) mass is 300 g/mol. The fourth-order valence-corrected chi connectivity index (χ4v) is 3.71. The minimum absolute atomic E-state index is 0.0810. The van der Waals surface area contributed by atoms with Gasteiger partial charge in [0, 0.05) is 31.7 Å². The van der Waals surface area contributed by atoms with E-state index in [4.69, 9.17) is 19.2 Å². The second kappa shape index (κ2) is 6.92. The number of hydrogen-bond acceptors (Lipinski definition) is 5. The van der Waals surface area contributed by atoms with Crippen molar-refractivity contribution in [1.29, 1.82) is 0 Å². The predicted molar refractivity (Wildman–Crippen MR) is 76.7 cm³/mol. The van der Waals surface area contributed by atoms with E-state index in [-0.39, 0.29) is 17.6 Å². The molecule has 1 N–H and O–H groups in total. The van der Waals surface area contributed by atoms with Crippen molar-refractivity contribution in [3.63, 3.8) is 0 Å². The lowest BCUT2D eigenvalue weighted by molar-refractivity contribution is -0.318. The van der Waals surface area contributed by atoms with Crippen LogP contribution in [-0.2, 0) is 19.2 Å². The molecule has 0 atom stereocenters. The minimum Gasteiger partial charge on any atom is -0.396 e. The summed E-state index contributed by atoms with van der Waals surface area (Å²) in [6, 6.07) is 0. The van der Waals surface area contributed by atoms with Crippen molar-refractivity contribution < 1.29 is 24.4 Å². The summed E-state index contributed by atoms with van der Waals surface area (Å²) in [6.07, 6.45) is 7.03. The highest BCUT2D eigenvalue weighted by Gasteiger charge is 2.46. The van der Waals surface area contributed by atoms with E-state index in [0.29, 0.717) is 19.1 Å². The molecular formula is C16H28O5. The molecule has 0 aromatic heterocycles. The van der Waals surface area contributed by atoms with Crippen LogP contribution in [0.5, 0.6) is 0 Å². The Morgan fingerprint density at radius 2 is 1.76 bits per heavy atom. The lowest BCUT2D eigenvalue weighted by Crippen LogP contribution is -2.43. The molecule has 3 rings (SSSR count). The van der Waals surface area contributed by atoms with Gasteiger partial charge in [-0.25, -0.2) is 9.78 Å². The molecule has 3 aliphatic rings. The van der Waals surface area contributed by atoms with Crippen LogP contribution in [0.1, 0.15) is 44.9 Å². The molecule has 5 nitrogen and oxygen atoms in total. The molecule has 122 valence electrons. The summed E-state index contributed by atoms with van der Waals surface area (Å²) in [5, 5.41) is 9.84. The molecule has 0 bridgehead atoms. The zero-order chi connectivity index (χ0) is 14.6. The average molecular weight is 300 g/mol. The highest BCUT2D eigenvalue weighted by molar-refractivity contribution is 4.94. The normalized spacial score (nSPS) is 38.1. The molecule has 5 heteroatoms. The molecule has 0 unspecified atom stereocenters. The number of aliphatic hydroxyl groups is 1. The lowest BCUT2D eigenvalue weighted by atomic mass is 9.68. The van der Waals surface area contributed by atoms with Gasteiger partial charge in [-0.05, 0) is 44.4 Å². The van der Waals surface area contributed by atoms with Crippen LogP contribution in [0.4, 0.5) is 0 Å². The van der Waals surface area contributed by atoms with E-state index in [1.807, 2.05) is 0 Å². The smallest absolute Gasteiger partial charge is 0.106 e. The summed E-state index contributed by atoms with van der Waals surface area (Å²) in [6.45, 7) is 4.09. The quantitative estimate of drug-likeness (QED) is 0.788. The van der Waals surface area contributed by atoms with Crippen LogP contribution in [0.2, 0.25) is 0 Å². The van der Waals surface area contributed by atoms with Crippen molar-refractivity contribution in [3.05, 3.63) is 0 Å². The van der Waals surface area contributed by atoms with Gasteiger partial charge in [-0.3, -0.25) is 0 Å². The predicted octanol–water partition coefficient (Wildman–Crippen LogP) is 2.07. The van der Waals surface area contributed by atoms with Crippen LogP contribution >= 0.6 is 0 Å². The van der Waals surface area contributed by atoms with Gasteiger partial charge in [-0.1, -0.05) is 0 Å². The van der Waals surface area contributed by atoms with Crippen molar-refractivity contribution in [1.82, 2.24) is 0 Å². The third-order valence-electron chi connectivity index (χ3n) is 5.54. The van der Waals surface area contributed by atoms with Gasteiger partial charge in [-0.2, -0.15) is 0 Å². The molecule has 0 radical (unpaired) electrons. The molecule has 0 aromatic carbocycles. The fourth-order valence-electron chi connectivity index (χ4n) is 3.71. The Morgan fingerprint density at radius 3 is 2.38 bits per heavy atom. The van der Waals surface area contributed by atoms with Crippen LogP contribution in [0.3, 0.4) is 0 Å². The maximum atomic E-state index is 9.84. The summed E-state index contributed by atoms with van der Waals surface area (Å²) in [4.78, 5) is 10.6. The van der Waals surface area contributed by atoms with Gasteiger partial charge in [0.15, 0.2) is 0 Å². The second-order valence-corrected chi connectivity index (χ2v) is 7.07. The van der Waals surface area contributed by atoms with E-state index in [0.717, 1.165) is 64.8 Å². The molecule has 0 amide bonds. The van der Waals surface area contributed by atoms with Crippen LogP contribution in [0.25, 0.3) is 0 Å². The Bertz CT molecular complexity index is 311. The second-order valence-electron chi connectivity index (χ2n) is 7.07. The first-order valence-electron chi connectivity index (χ1n) is 8.33. The average Bonchev–Trinajstić information content (AvgIpc) is 3.00.